The molecule has 2 heterocycles. The van der Waals surface area contributed by atoms with Crippen molar-refractivity contribution < 1.29 is 18.0 Å². The predicted octanol–water partition coefficient (Wildman–Crippen LogP) is 2.62. The van der Waals surface area contributed by atoms with Gasteiger partial charge in [0.2, 0.25) is 0 Å². The Kier molecular flexibility index (Phi) is 3.50. The fraction of sp³-hybridized carbons (Fsp3) is 0.182. The van der Waals surface area contributed by atoms with Gasteiger partial charge in [-0.3, -0.25) is 9.48 Å². The monoisotopic (exact) mass is 300 g/mol. The number of hydrogen-bond acceptors (Lipinski definition) is 4. The molecule has 0 atom stereocenters. The minimum absolute atomic E-state index is 0.241. The zero-order chi connectivity index (χ0) is 14.9. The molecular formula is C11H7F3N4OS. The van der Waals surface area contributed by atoms with Crippen molar-refractivity contribution in [2.24, 2.45) is 7.05 Å². The number of alkyl halides is 3. The summed E-state index contributed by atoms with van der Waals surface area (Å²) in [6.07, 6.45) is -4.61. The minimum Gasteiger partial charge on any atom is -0.311 e. The molecule has 0 spiro atoms. The highest BCUT2D eigenvalue weighted by Gasteiger charge is 2.35. The van der Waals surface area contributed by atoms with Crippen molar-refractivity contribution >= 4 is 22.2 Å². The molecule has 9 heteroatoms. The van der Waals surface area contributed by atoms with E-state index >= 15 is 0 Å². The van der Waals surface area contributed by atoms with Crippen LogP contribution in [-0.4, -0.2) is 15.7 Å². The number of halogens is 3. The number of nitriles is 1. The summed E-state index contributed by atoms with van der Waals surface area (Å²) in [7, 11) is 1.24. The summed E-state index contributed by atoms with van der Waals surface area (Å²) in [5.41, 5.74) is -1.13. The molecule has 0 fully saturated rings. The number of nitrogens with zero attached hydrogens (tertiary/aromatic N) is 3. The van der Waals surface area contributed by atoms with Crippen LogP contribution in [0.5, 0.6) is 0 Å². The molecular weight excluding hydrogens is 293 g/mol. The second-order valence-corrected chi connectivity index (χ2v) is 4.68. The highest BCUT2D eigenvalue weighted by Crippen LogP contribution is 2.29. The fourth-order valence-electron chi connectivity index (χ4n) is 1.48. The van der Waals surface area contributed by atoms with Gasteiger partial charge in [0.1, 0.15) is 16.8 Å². The van der Waals surface area contributed by atoms with Crippen molar-refractivity contribution in [3.8, 4) is 6.07 Å². The lowest BCUT2D eigenvalue weighted by Crippen LogP contribution is -2.15. The second-order valence-electron chi connectivity index (χ2n) is 3.77. The number of thiophene rings is 1. The number of hydrogen-bond donors (Lipinski definition) is 1. The number of carbonyl (C=O) groups excluding carboxylic acids is 1. The Morgan fingerprint density at radius 1 is 1.55 bits per heavy atom. The van der Waals surface area contributed by atoms with E-state index in [1.165, 1.54) is 13.1 Å². The third kappa shape index (κ3) is 2.65. The largest absolute Gasteiger partial charge is 0.435 e. The second kappa shape index (κ2) is 4.97. The number of amides is 1. The maximum absolute atomic E-state index is 12.5. The normalized spacial score (nSPS) is 11.2. The van der Waals surface area contributed by atoms with Gasteiger partial charge in [-0.25, -0.2) is 0 Å². The van der Waals surface area contributed by atoms with Crippen LogP contribution >= 0.6 is 11.3 Å². The highest BCUT2D eigenvalue weighted by atomic mass is 32.1. The van der Waals surface area contributed by atoms with Gasteiger partial charge < -0.3 is 5.32 Å². The molecule has 0 bridgehead atoms. The summed E-state index contributed by atoms with van der Waals surface area (Å²) < 4.78 is 38.3. The third-order valence-corrected chi connectivity index (χ3v) is 3.25. The predicted molar refractivity (Wildman–Crippen MR) is 65.2 cm³/mol. The van der Waals surface area contributed by atoms with Crippen LogP contribution < -0.4 is 5.32 Å². The molecule has 1 amide bonds. The van der Waals surface area contributed by atoms with Crippen molar-refractivity contribution in [1.29, 1.82) is 5.26 Å². The number of aryl methyl sites for hydroxylation is 1. The molecule has 104 valence electrons. The summed E-state index contributed by atoms with van der Waals surface area (Å²) in [5, 5.41) is 16.3. The Hall–Kier alpha value is -2.34. The molecule has 0 saturated heterocycles. The smallest absolute Gasteiger partial charge is 0.311 e. The van der Waals surface area contributed by atoms with Gasteiger partial charge in [-0.05, 0) is 11.4 Å². The van der Waals surface area contributed by atoms with Gasteiger partial charge in [0.15, 0.2) is 5.69 Å². The summed E-state index contributed by atoms with van der Waals surface area (Å²) in [4.78, 5) is 11.9. The summed E-state index contributed by atoms with van der Waals surface area (Å²) >= 11 is 1.11. The molecule has 0 unspecified atom stereocenters. The maximum Gasteiger partial charge on any atom is 0.435 e. The van der Waals surface area contributed by atoms with E-state index in [-0.39, 0.29) is 16.3 Å². The van der Waals surface area contributed by atoms with Crippen molar-refractivity contribution in [2.75, 3.05) is 5.32 Å². The summed E-state index contributed by atoms with van der Waals surface area (Å²) in [6, 6.07) is 4.04. The SMILES string of the molecule is Cn1nc(C(F)(F)F)cc1C(=O)Nc1sccc1C#N. The number of rotatable bonds is 2. The van der Waals surface area contributed by atoms with Crippen LogP contribution in [0, 0.1) is 11.3 Å². The third-order valence-electron chi connectivity index (χ3n) is 2.42. The maximum atomic E-state index is 12.5. The summed E-state index contributed by atoms with van der Waals surface area (Å²) in [6.45, 7) is 0. The molecule has 0 aliphatic rings. The zero-order valence-corrected chi connectivity index (χ0v) is 10.8. The topological polar surface area (TPSA) is 70.7 Å². The number of nitrogens with one attached hydrogen (secondary N) is 1. The molecule has 0 aliphatic carbocycles. The fourth-order valence-corrected chi connectivity index (χ4v) is 2.21. The van der Waals surface area contributed by atoms with Gasteiger partial charge in [0.25, 0.3) is 5.91 Å². The van der Waals surface area contributed by atoms with Gasteiger partial charge in [-0.15, -0.1) is 11.3 Å². The lowest BCUT2D eigenvalue weighted by Gasteiger charge is -2.02. The average Bonchev–Trinajstić information content (AvgIpc) is 2.94. The van der Waals surface area contributed by atoms with Gasteiger partial charge in [0.05, 0.1) is 5.56 Å². The lowest BCUT2D eigenvalue weighted by molar-refractivity contribution is -0.141. The molecule has 2 aromatic rings. The lowest BCUT2D eigenvalue weighted by atomic mass is 10.3. The van der Waals surface area contributed by atoms with E-state index in [1.54, 1.807) is 5.38 Å². The quantitative estimate of drug-likeness (QED) is 0.926. The van der Waals surface area contributed by atoms with Gasteiger partial charge >= 0.3 is 6.18 Å². The Morgan fingerprint density at radius 2 is 2.25 bits per heavy atom. The van der Waals surface area contributed by atoms with E-state index in [0.717, 1.165) is 16.0 Å². The first-order valence-corrected chi connectivity index (χ1v) is 6.11. The van der Waals surface area contributed by atoms with E-state index < -0.39 is 17.8 Å². The minimum atomic E-state index is -4.61. The van der Waals surface area contributed by atoms with Crippen molar-refractivity contribution in [3.63, 3.8) is 0 Å². The van der Waals surface area contributed by atoms with Gasteiger partial charge in [0, 0.05) is 13.1 Å². The first-order chi connectivity index (χ1) is 9.32. The van der Waals surface area contributed by atoms with Crippen LogP contribution in [-0.2, 0) is 13.2 Å². The van der Waals surface area contributed by atoms with Crippen molar-refractivity contribution in [2.45, 2.75) is 6.18 Å². The average molecular weight is 300 g/mol. The van der Waals surface area contributed by atoms with Crippen LogP contribution in [0.1, 0.15) is 21.7 Å². The molecule has 2 rings (SSSR count). The molecule has 5 nitrogen and oxygen atoms in total. The molecule has 0 saturated carbocycles. The molecule has 2 aromatic heterocycles. The van der Waals surface area contributed by atoms with Crippen molar-refractivity contribution in [1.82, 2.24) is 9.78 Å². The van der Waals surface area contributed by atoms with Gasteiger partial charge in [-0.1, -0.05) is 0 Å². The molecule has 20 heavy (non-hydrogen) atoms. The van der Waals surface area contributed by atoms with E-state index in [9.17, 15) is 18.0 Å². The van der Waals surface area contributed by atoms with E-state index in [1.807, 2.05) is 6.07 Å². The number of anilines is 1. The Bertz CT molecular complexity index is 695. The van der Waals surface area contributed by atoms with E-state index in [0.29, 0.717) is 6.07 Å². The number of carbonyl (C=O) groups is 1. The van der Waals surface area contributed by atoms with Crippen LogP contribution in [0.25, 0.3) is 0 Å². The van der Waals surface area contributed by atoms with Gasteiger partial charge in [-0.2, -0.15) is 23.5 Å². The molecule has 0 aromatic carbocycles. The Morgan fingerprint density at radius 3 is 2.80 bits per heavy atom. The van der Waals surface area contributed by atoms with Crippen LogP contribution in [0.15, 0.2) is 17.5 Å². The van der Waals surface area contributed by atoms with Crippen molar-refractivity contribution in [3.05, 3.63) is 34.5 Å². The standard InChI is InChI=1S/C11H7F3N4OS/c1-18-7(4-8(17-18)11(12,13)14)9(19)16-10-6(5-15)2-3-20-10/h2-4H,1H3,(H,16,19). The zero-order valence-electron chi connectivity index (χ0n) is 10.0. The first kappa shape index (κ1) is 14.1. The Labute approximate surface area is 115 Å². The molecule has 1 N–H and O–H groups in total. The first-order valence-electron chi connectivity index (χ1n) is 5.23. The number of aromatic nitrogens is 2. The van der Waals surface area contributed by atoms with Crippen LogP contribution in [0.2, 0.25) is 0 Å². The highest BCUT2D eigenvalue weighted by molar-refractivity contribution is 7.14. The molecule has 0 aliphatic heterocycles. The van der Waals surface area contributed by atoms with Crippen LogP contribution in [0.3, 0.4) is 0 Å². The van der Waals surface area contributed by atoms with E-state index in [2.05, 4.69) is 10.4 Å². The Balaban J connectivity index is 2.27. The van der Waals surface area contributed by atoms with Crippen LogP contribution in [0.4, 0.5) is 18.2 Å². The van der Waals surface area contributed by atoms with E-state index in [4.69, 9.17) is 5.26 Å². The molecule has 0 radical (unpaired) electrons. The summed E-state index contributed by atoms with van der Waals surface area (Å²) in [5.74, 6) is -0.755.